The van der Waals surface area contributed by atoms with E-state index in [2.05, 4.69) is 17.2 Å². The van der Waals surface area contributed by atoms with Crippen LogP contribution in [0.3, 0.4) is 0 Å². The van der Waals surface area contributed by atoms with Crippen molar-refractivity contribution >= 4 is 40.6 Å². The summed E-state index contributed by atoms with van der Waals surface area (Å²) in [4.78, 5) is 4.25. The predicted molar refractivity (Wildman–Crippen MR) is 79.0 cm³/mol. The Morgan fingerprint density at radius 1 is 1.39 bits per heavy atom. The second kappa shape index (κ2) is 5.85. The maximum atomic E-state index is 6.16. The predicted octanol–water partition coefficient (Wildman–Crippen LogP) is 4.99. The lowest BCUT2D eigenvalue weighted by molar-refractivity contribution is 0.286. The average molecular weight is 308 g/mol. The smallest absolute Gasteiger partial charge is 0.145 e. The molecule has 1 aromatic rings. The number of anilines is 1. The quantitative estimate of drug-likeness (QED) is 0.796. The molecule has 0 bridgehead atoms. The van der Waals surface area contributed by atoms with Crippen molar-refractivity contribution in [3.05, 3.63) is 22.3 Å². The molecule has 0 aliphatic heterocycles. The first-order chi connectivity index (χ1) is 8.54. The summed E-state index contributed by atoms with van der Waals surface area (Å²) in [6.45, 7) is 2.28. The molecule has 0 spiro atoms. The first kappa shape index (κ1) is 14.2. The van der Waals surface area contributed by atoms with Gasteiger partial charge in [-0.05, 0) is 37.7 Å². The van der Waals surface area contributed by atoms with E-state index in [1.165, 1.54) is 12.8 Å². The van der Waals surface area contributed by atoms with Crippen LogP contribution in [0.5, 0.6) is 0 Å². The summed E-state index contributed by atoms with van der Waals surface area (Å²) in [5.41, 5.74) is -0.0848. The Bertz CT molecular complexity index is 415. The molecule has 0 amide bonds. The molecular formula is C13H17Cl3N2. The van der Waals surface area contributed by atoms with E-state index in [9.17, 15) is 0 Å². The van der Waals surface area contributed by atoms with Gasteiger partial charge in [0.25, 0.3) is 0 Å². The van der Waals surface area contributed by atoms with Crippen LogP contribution in [0.25, 0.3) is 0 Å². The van der Waals surface area contributed by atoms with Crippen LogP contribution in [-0.4, -0.2) is 16.4 Å². The Morgan fingerprint density at radius 3 is 2.61 bits per heavy atom. The molecule has 0 saturated heterocycles. The van der Waals surface area contributed by atoms with Gasteiger partial charge < -0.3 is 5.32 Å². The molecule has 0 radical (unpaired) electrons. The summed E-state index contributed by atoms with van der Waals surface area (Å²) in [7, 11) is 0. The second-order valence-corrected chi connectivity index (χ2v) is 6.32. The van der Waals surface area contributed by atoms with Crippen molar-refractivity contribution in [3.8, 4) is 0 Å². The minimum absolute atomic E-state index is 0.0848. The number of hydrogen-bond acceptors (Lipinski definition) is 2. The Balaban J connectivity index is 2.15. The van der Waals surface area contributed by atoms with Crippen LogP contribution in [0.15, 0.2) is 12.3 Å². The lowest BCUT2D eigenvalue weighted by Gasteiger charge is -2.39. The lowest BCUT2D eigenvalue weighted by Crippen LogP contribution is -2.43. The SMILES string of the molecule is CC1CCC(CCl)(Nc2ncc(Cl)cc2Cl)CC1. The molecule has 1 aliphatic carbocycles. The Hall–Kier alpha value is -0.180. The maximum absolute atomic E-state index is 6.16. The summed E-state index contributed by atoms with van der Waals surface area (Å²) < 4.78 is 0. The van der Waals surface area contributed by atoms with Gasteiger partial charge in [-0.2, -0.15) is 0 Å². The van der Waals surface area contributed by atoms with Gasteiger partial charge in [-0.3, -0.25) is 0 Å². The third kappa shape index (κ3) is 3.23. The van der Waals surface area contributed by atoms with Gasteiger partial charge in [0.15, 0.2) is 0 Å². The monoisotopic (exact) mass is 306 g/mol. The minimum Gasteiger partial charge on any atom is -0.362 e. The molecule has 2 rings (SSSR count). The van der Waals surface area contributed by atoms with Crippen LogP contribution in [0.4, 0.5) is 5.82 Å². The highest BCUT2D eigenvalue weighted by atomic mass is 35.5. The van der Waals surface area contributed by atoms with Crippen LogP contribution in [-0.2, 0) is 0 Å². The van der Waals surface area contributed by atoms with Crippen LogP contribution in [0.2, 0.25) is 10.0 Å². The molecule has 1 aromatic heterocycles. The van der Waals surface area contributed by atoms with E-state index in [1.807, 2.05) is 0 Å². The molecule has 1 N–H and O–H groups in total. The highest BCUT2D eigenvalue weighted by molar-refractivity contribution is 6.36. The van der Waals surface area contributed by atoms with Gasteiger partial charge in [-0.25, -0.2) is 4.98 Å². The number of pyridine rings is 1. The third-order valence-corrected chi connectivity index (χ3v) is 4.68. The molecule has 1 fully saturated rings. The highest BCUT2D eigenvalue weighted by Crippen LogP contribution is 2.36. The number of hydrogen-bond donors (Lipinski definition) is 1. The molecule has 2 nitrogen and oxygen atoms in total. The molecule has 0 atom stereocenters. The number of alkyl halides is 1. The van der Waals surface area contributed by atoms with E-state index in [0.717, 1.165) is 18.8 Å². The van der Waals surface area contributed by atoms with E-state index in [-0.39, 0.29) is 5.54 Å². The summed E-state index contributed by atoms with van der Waals surface area (Å²) >= 11 is 18.1. The van der Waals surface area contributed by atoms with Gasteiger partial charge in [-0.1, -0.05) is 30.1 Å². The van der Waals surface area contributed by atoms with Crippen molar-refractivity contribution in [2.75, 3.05) is 11.2 Å². The molecule has 18 heavy (non-hydrogen) atoms. The first-order valence-electron chi connectivity index (χ1n) is 6.20. The first-order valence-corrected chi connectivity index (χ1v) is 7.49. The molecule has 1 aliphatic rings. The van der Waals surface area contributed by atoms with Crippen molar-refractivity contribution in [1.29, 1.82) is 0 Å². The fourth-order valence-corrected chi connectivity index (χ4v) is 3.13. The van der Waals surface area contributed by atoms with Gasteiger partial charge in [0.2, 0.25) is 0 Å². The van der Waals surface area contributed by atoms with E-state index < -0.39 is 0 Å². The Kier molecular flexibility index (Phi) is 4.63. The molecule has 100 valence electrons. The van der Waals surface area contributed by atoms with Gasteiger partial charge in [-0.15, -0.1) is 11.6 Å². The van der Waals surface area contributed by atoms with Crippen molar-refractivity contribution in [3.63, 3.8) is 0 Å². The molecule has 0 unspecified atom stereocenters. The molecular weight excluding hydrogens is 291 g/mol. The zero-order chi connectivity index (χ0) is 13.2. The number of aromatic nitrogens is 1. The van der Waals surface area contributed by atoms with Crippen LogP contribution < -0.4 is 5.32 Å². The van der Waals surface area contributed by atoms with Gasteiger partial charge in [0.05, 0.1) is 15.6 Å². The standard InChI is InChI=1S/C13H17Cl3N2/c1-9-2-4-13(8-14,5-3-9)18-12-11(16)6-10(15)7-17-12/h6-7,9H,2-5,8H2,1H3,(H,17,18). The molecule has 1 saturated carbocycles. The molecule has 5 heteroatoms. The van der Waals surface area contributed by atoms with Crippen molar-refractivity contribution in [1.82, 2.24) is 4.98 Å². The minimum atomic E-state index is -0.0848. The fourth-order valence-electron chi connectivity index (χ4n) is 2.36. The fraction of sp³-hybridized carbons (Fsp3) is 0.615. The van der Waals surface area contributed by atoms with Gasteiger partial charge in [0.1, 0.15) is 5.82 Å². The summed E-state index contributed by atoms with van der Waals surface area (Å²) in [6, 6.07) is 1.70. The van der Waals surface area contributed by atoms with E-state index in [4.69, 9.17) is 34.8 Å². The van der Waals surface area contributed by atoms with Crippen molar-refractivity contribution in [2.24, 2.45) is 5.92 Å². The zero-order valence-corrected chi connectivity index (χ0v) is 12.6. The van der Waals surface area contributed by atoms with E-state index >= 15 is 0 Å². The van der Waals surface area contributed by atoms with Gasteiger partial charge >= 0.3 is 0 Å². The topological polar surface area (TPSA) is 24.9 Å². The maximum Gasteiger partial charge on any atom is 0.145 e. The summed E-state index contributed by atoms with van der Waals surface area (Å²) in [5, 5.41) is 4.52. The van der Waals surface area contributed by atoms with Gasteiger partial charge in [0, 0.05) is 12.1 Å². The Labute approximate surface area is 123 Å². The van der Waals surface area contributed by atoms with E-state index in [0.29, 0.717) is 21.7 Å². The second-order valence-electron chi connectivity index (χ2n) is 5.21. The number of nitrogens with zero attached hydrogens (tertiary/aromatic N) is 1. The van der Waals surface area contributed by atoms with E-state index in [1.54, 1.807) is 12.3 Å². The number of rotatable bonds is 3. The van der Waals surface area contributed by atoms with Crippen LogP contribution in [0, 0.1) is 5.92 Å². The summed E-state index contributed by atoms with van der Waals surface area (Å²) in [5.74, 6) is 2.02. The van der Waals surface area contributed by atoms with Crippen LogP contribution >= 0.6 is 34.8 Å². The van der Waals surface area contributed by atoms with Crippen molar-refractivity contribution < 1.29 is 0 Å². The number of nitrogens with one attached hydrogen (secondary N) is 1. The molecule has 0 aromatic carbocycles. The average Bonchev–Trinajstić information content (AvgIpc) is 2.36. The zero-order valence-electron chi connectivity index (χ0n) is 10.3. The number of halogens is 3. The molecule has 1 heterocycles. The Morgan fingerprint density at radius 2 is 2.06 bits per heavy atom. The normalized spacial score (nSPS) is 28.1. The van der Waals surface area contributed by atoms with Crippen molar-refractivity contribution in [2.45, 2.75) is 38.1 Å². The van der Waals surface area contributed by atoms with Crippen LogP contribution in [0.1, 0.15) is 32.6 Å². The third-order valence-electron chi connectivity index (χ3n) is 3.68. The largest absolute Gasteiger partial charge is 0.362 e. The lowest BCUT2D eigenvalue weighted by atomic mass is 9.78. The summed E-state index contributed by atoms with van der Waals surface area (Å²) in [6.07, 6.45) is 6.08. The highest BCUT2D eigenvalue weighted by Gasteiger charge is 2.34.